The SMILES string of the molecule is C/C=N\N=C/OI. The van der Waals surface area contributed by atoms with E-state index in [1.165, 1.54) is 6.40 Å². The number of hydrogen-bond acceptors (Lipinski definition) is 3. The van der Waals surface area contributed by atoms with Gasteiger partial charge in [-0.2, -0.15) is 5.10 Å². The normalized spacial score (nSPS) is 11.1. The van der Waals surface area contributed by atoms with E-state index in [2.05, 4.69) is 13.3 Å². The molecule has 0 aliphatic carbocycles. The van der Waals surface area contributed by atoms with Crippen LogP contribution in [0.25, 0.3) is 0 Å². The Balaban J connectivity index is 3.09. The van der Waals surface area contributed by atoms with E-state index in [1.807, 2.05) is 0 Å². The van der Waals surface area contributed by atoms with E-state index in [-0.39, 0.29) is 0 Å². The van der Waals surface area contributed by atoms with Gasteiger partial charge in [0.15, 0.2) is 23.0 Å². The van der Waals surface area contributed by atoms with E-state index < -0.39 is 0 Å². The molecule has 0 saturated heterocycles. The Morgan fingerprint density at radius 2 is 2.29 bits per heavy atom. The predicted octanol–water partition coefficient (Wildman–Crippen LogP) is 1.39. The molecule has 7 heavy (non-hydrogen) atoms. The van der Waals surface area contributed by atoms with Gasteiger partial charge in [-0.15, -0.1) is 5.10 Å². The second-order valence-electron chi connectivity index (χ2n) is 0.684. The molecule has 0 aliphatic rings. The first-order valence-electron chi connectivity index (χ1n) is 1.68. The van der Waals surface area contributed by atoms with Crippen molar-refractivity contribution in [2.45, 2.75) is 6.92 Å². The first kappa shape index (κ1) is 6.87. The van der Waals surface area contributed by atoms with Gasteiger partial charge >= 0.3 is 0 Å². The van der Waals surface area contributed by atoms with E-state index in [0.717, 1.165) is 0 Å². The van der Waals surface area contributed by atoms with Gasteiger partial charge in [-0.25, -0.2) is 0 Å². The van der Waals surface area contributed by atoms with Crippen LogP contribution >= 0.6 is 23.0 Å². The minimum atomic E-state index is 1.25. The molecule has 0 heterocycles. The smallest absolute Gasteiger partial charge is 0.207 e. The molecule has 0 aromatic rings. The molecule has 0 aliphatic heterocycles. The molecule has 0 fully saturated rings. The monoisotopic (exact) mass is 212 g/mol. The molecule has 40 valence electrons. The van der Waals surface area contributed by atoms with Crippen LogP contribution in [0.4, 0.5) is 0 Å². The highest BCUT2D eigenvalue weighted by atomic mass is 127. The summed E-state index contributed by atoms with van der Waals surface area (Å²) in [7, 11) is 0. The Bertz CT molecular complexity index is 81.0. The summed E-state index contributed by atoms with van der Waals surface area (Å²) in [4.78, 5) is 0. The molecule has 0 radical (unpaired) electrons. The average molecular weight is 212 g/mol. The van der Waals surface area contributed by atoms with Crippen molar-refractivity contribution in [2.24, 2.45) is 10.2 Å². The second kappa shape index (κ2) is 5.87. The summed E-state index contributed by atoms with van der Waals surface area (Å²) < 4.78 is 4.41. The van der Waals surface area contributed by atoms with Gasteiger partial charge in [0, 0.05) is 6.21 Å². The Kier molecular flexibility index (Phi) is 5.76. The highest BCUT2D eigenvalue weighted by Gasteiger charge is 1.58. The van der Waals surface area contributed by atoms with Crippen LogP contribution in [0.1, 0.15) is 6.92 Å². The van der Waals surface area contributed by atoms with E-state index >= 15 is 0 Å². The predicted molar refractivity (Wildman–Crippen MR) is 37.8 cm³/mol. The summed E-state index contributed by atoms with van der Waals surface area (Å²) in [6, 6.07) is 0. The van der Waals surface area contributed by atoms with E-state index in [4.69, 9.17) is 0 Å². The van der Waals surface area contributed by atoms with Gasteiger partial charge in [0.1, 0.15) is 0 Å². The minimum absolute atomic E-state index is 1.25. The number of hydrogen-bond donors (Lipinski definition) is 0. The van der Waals surface area contributed by atoms with Crippen LogP contribution in [0.15, 0.2) is 10.2 Å². The summed E-state index contributed by atoms with van der Waals surface area (Å²) in [5.41, 5.74) is 0. The summed E-state index contributed by atoms with van der Waals surface area (Å²) in [6.07, 6.45) is 2.83. The molecule has 0 aromatic heterocycles. The maximum atomic E-state index is 4.41. The van der Waals surface area contributed by atoms with Gasteiger partial charge in [-0.05, 0) is 6.92 Å². The first-order chi connectivity index (χ1) is 3.41. The van der Waals surface area contributed by atoms with Gasteiger partial charge in [-0.3, -0.25) is 0 Å². The zero-order chi connectivity index (χ0) is 5.54. The van der Waals surface area contributed by atoms with E-state index in [9.17, 15) is 0 Å². The van der Waals surface area contributed by atoms with Crippen molar-refractivity contribution in [1.82, 2.24) is 0 Å². The molecular formula is C3H5IN2O. The van der Waals surface area contributed by atoms with Crippen molar-refractivity contribution < 1.29 is 3.07 Å². The van der Waals surface area contributed by atoms with Crippen LogP contribution in [0, 0.1) is 0 Å². The fourth-order valence-corrected chi connectivity index (χ4v) is 0.213. The second-order valence-corrected chi connectivity index (χ2v) is 1.19. The maximum absolute atomic E-state index is 4.41. The molecule has 0 unspecified atom stereocenters. The van der Waals surface area contributed by atoms with Crippen molar-refractivity contribution in [3.8, 4) is 0 Å². The third-order valence-corrected chi connectivity index (χ3v) is 0.497. The number of rotatable bonds is 2. The maximum Gasteiger partial charge on any atom is 0.207 e. The van der Waals surface area contributed by atoms with Gasteiger partial charge < -0.3 is 3.07 Å². The number of nitrogens with zero attached hydrogens (tertiary/aromatic N) is 2. The van der Waals surface area contributed by atoms with Crippen LogP contribution in [0.5, 0.6) is 0 Å². The topological polar surface area (TPSA) is 34.0 Å². The molecule has 0 amide bonds. The first-order valence-corrected chi connectivity index (χ1v) is 2.56. The third-order valence-electron chi connectivity index (χ3n) is 0.269. The van der Waals surface area contributed by atoms with Crippen LogP contribution < -0.4 is 0 Å². The Morgan fingerprint density at radius 1 is 1.57 bits per heavy atom. The summed E-state index contributed by atoms with van der Waals surface area (Å²) in [6.45, 7) is 1.78. The van der Waals surface area contributed by atoms with Crippen molar-refractivity contribution in [1.29, 1.82) is 0 Å². The summed E-state index contributed by atoms with van der Waals surface area (Å²) in [5, 5.41) is 6.90. The molecule has 0 atom stereocenters. The van der Waals surface area contributed by atoms with Crippen LogP contribution in [0.2, 0.25) is 0 Å². The lowest BCUT2D eigenvalue weighted by Gasteiger charge is -1.73. The van der Waals surface area contributed by atoms with Crippen LogP contribution in [-0.2, 0) is 3.07 Å². The summed E-state index contributed by atoms with van der Waals surface area (Å²) >= 11 is 1.70. The highest BCUT2D eigenvalue weighted by Crippen LogP contribution is 1.77. The molecule has 0 spiro atoms. The molecule has 0 rings (SSSR count). The van der Waals surface area contributed by atoms with Crippen molar-refractivity contribution in [3.05, 3.63) is 0 Å². The van der Waals surface area contributed by atoms with Gasteiger partial charge in [-0.1, -0.05) is 0 Å². The van der Waals surface area contributed by atoms with E-state index in [1.54, 1.807) is 36.1 Å². The standard InChI is InChI=1S/C3H5IN2O/c1-2-5-6-3-7-4/h2-3H,1H3/b5-2-,6-3-. The lowest BCUT2D eigenvalue weighted by molar-refractivity contribution is 0.745. The zero-order valence-corrected chi connectivity index (χ0v) is 5.99. The van der Waals surface area contributed by atoms with Crippen molar-refractivity contribution in [3.63, 3.8) is 0 Å². The quantitative estimate of drug-likeness (QED) is 0.294. The van der Waals surface area contributed by atoms with Crippen molar-refractivity contribution >= 4 is 35.6 Å². The Labute approximate surface area is 56.2 Å². The largest absolute Gasteiger partial charge is 0.414 e. The summed E-state index contributed by atoms with van der Waals surface area (Å²) in [5.74, 6) is 0. The highest BCUT2D eigenvalue weighted by molar-refractivity contribution is 14.1. The lowest BCUT2D eigenvalue weighted by atomic mass is 10.9. The molecule has 0 saturated carbocycles. The fraction of sp³-hybridized carbons (Fsp3) is 0.333. The molecule has 3 nitrogen and oxygen atoms in total. The average Bonchev–Trinajstić information content (AvgIpc) is 1.69. The van der Waals surface area contributed by atoms with Gasteiger partial charge in [0.25, 0.3) is 0 Å². The van der Waals surface area contributed by atoms with Crippen LogP contribution in [0.3, 0.4) is 0 Å². The van der Waals surface area contributed by atoms with Crippen molar-refractivity contribution in [2.75, 3.05) is 0 Å². The fourth-order valence-electron chi connectivity index (χ4n) is 0.112. The molecule has 4 heteroatoms. The zero-order valence-electron chi connectivity index (χ0n) is 3.84. The van der Waals surface area contributed by atoms with Gasteiger partial charge in [0.2, 0.25) is 6.40 Å². The Hall–Kier alpha value is -0.130. The van der Waals surface area contributed by atoms with Gasteiger partial charge in [0.05, 0.1) is 0 Å². The molecule has 0 bridgehead atoms. The van der Waals surface area contributed by atoms with Crippen LogP contribution in [-0.4, -0.2) is 12.6 Å². The van der Waals surface area contributed by atoms with E-state index in [0.29, 0.717) is 0 Å². The number of halogens is 1. The Morgan fingerprint density at radius 3 is 2.71 bits per heavy atom. The minimum Gasteiger partial charge on any atom is -0.414 e. The molecule has 0 aromatic carbocycles. The third kappa shape index (κ3) is 5.87. The molecule has 0 N–H and O–H groups in total. The lowest BCUT2D eigenvalue weighted by Crippen LogP contribution is -1.64. The molecular weight excluding hydrogens is 207 g/mol.